The zero-order valence-corrected chi connectivity index (χ0v) is 9.92. The predicted octanol–water partition coefficient (Wildman–Crippen LogP) is 1.96. The van der Waals surface area contributed by atoms with Gasteiger partial charge in [0.1, 0.15) is 0 Å². The highest BCUT2D eigenvalue weighted by molar-refractivity contribution is 5.20. The normalized spacial score (nSPS) is 26.1. The van der Waals surface area contributed by atoms with E-state index < -0.39 is 17.2 Å². The molecule has 0 amide bonds. The van der Waals surface area contributed by atoms with Crippen LogP contribution in [-0.4, -0.2) is 35.7 Å². The summed E-state index contributed by atoms with van der Waals surface area (Å²) >= 11 is 0. The molecule has 0 bridgehead atoms. The number of likely N-dealkylation sites (N-methyl/N-ethyl adjacent to an activating group) is 1. The third-order valence-corrected chi connectivity index (χ3v) is 3.26. The molecule has 2 nitrogen and oxygen atoms in total. The Kier molecular flexibility index (Phi) is 3.45. The average molecular weight is 241 g/mol. The van der Waals surface area contributed by atoms with E-state index in [-0.39, 0.29) is 0 Å². The van der Waals surface area contributed by atoms with E-state index in [1.165, 1.54) is 12.1 Å². The smallest absolute Gasteiger partial charge is 0.159 e. The molecule has 1 atom stereocenters. The van der Waals surface area contributed by atoms with E-state index in [4.69, 9.17) is 0 Å². The van der Waals surface area contributed by atoms with Crippen molar-refractivity contribution in [2.45, 2.75) is 24.9 Å². The minimum absolute atomic E-state index is 0.370. The number of likely N-dealkylation sites (tertiary alicyclic amines) is 1. The number of rotatable bonds is 2. The molecule has 17 heavy (non-hydrogen) atoms. The van der Waals surface area contributed by atoms with E-state index in [9.17, 15) is 13.9 Å². The Bertz CT molecular complexity index is 410. The highest BCUT2D eigenvalue weighted by Crippen LogP contribution is 2.25. The lowest BCUT2D eigenvalue weighted by atomic mass is 9.87. The number of halogens is 2. The maximum atomic E-state index is 13.1. The first-order valence-electron chi connectivity index (χ1n) is 5.83. The molecule has 0 aromatic heterocycles. The van der Waals surface area contributed by atoms with E-state index >= 15 is 0 Å². The van der Waals surface area contributed by atoms with Gasteiger partial charge in [-0.1, -0.05) is 6.07 Å². The van der Waals surface area contributed by atoms with Crippen molar-refractivity contribution in [1.29, 1.82) is 0 Å². The fourth-order valence-corrected chi connectivity index (χ4v) is 2.51. The minimum Gasteiger partial charge on any atom is -0.388 e. The first kappa shape index (κ1) is 12.5. The van der Waals surface area contributed by atoms with Gasteiger partial charge in [-0.15, -0.1) is 0 Å². The van der Waals surface area contributed by atoms with Crippen LogP contribution in [0.5, 0.6) is 0 Å². The molecule has 0 spiro atoms. The van der Waals surface area contributed by atoms with E-state index in [2.05, 4.69) is 4.90 Å². The third kappa shape index (κ3) is 3.01. The van der Waals surface area contributed by atoms with Crippen molar-refractivity contribution in [1.82, 2.24) is 4.90 Å². The van der Waals surface area contributed by atoms with Gasteiger partial charge in [-0.05, 0) is 44.1 Å². The second-order valence-corrected chi connectivity index (χ2v) is 4.99. The Hall–Kier alpha value is -1.00. The van der Waals surface area contributed by atoms with Crippen molar-refractivity contribution in [3.8, 4) is 0 Å². The van der Waals surface area contributed by atoms with Gasteiger partial charge in [-0.3, -0.25) is 0 Å². The molecule has 1 N–H and O–H groups in total. The van der Waals surface area contributed by atoms with Crippen molar-refractivity contribution >= 4 is 0 Å². The molecule has 1 saturated heterocycles. The van der Waals surface area contributed by atoms with Crippen molar-refractivity contribution < 1.29 is 13.9 Å². The fraction of sp³-hybridized carbons (Fsp3) is 0.538. The molecular weight excluding hydrogens is 224 g/mol. The number of β-amino-alcohol motifs (C(OH)–C–C–N with tert-alkyl or cyclic N) is 1. The van der Waals surface area contributed by atoms with Gasteiger partial charge in [-0.2, -0.15) is 0 Å². The number of piperidine rings is 1. The summed E-state index contributed by atoms with van der Waals surface area (Å²) in [5.41, 5.74) is -0.182. The quantitative estimate of drug-likeness (QED) is 0.855. The third-order valence-electron chi connectivity index (χ3n) is 3.26. The van der Waals surface area contributed by atoms with Gasteiger partial charge in [0.05, 0.1) is 5.60 Å². The molecule has 1 aromatic rings. The molecule has 1 aliphatic rings. The molecule has 0 aliphatic carbocycles. The number of aliphatic hydroxyl groups is 1. The van der Waals surface area contributed by atoms with Gasteiger partial charge in [0, 0.05) is 13.0 Å². The Morgan fingerprint density at radius 3 is 2.76 bits per heavy atom. The van der Waals surface area contributed by atoms with E-state index in [1.807, 2.05) is 7.05 Å². The van der Waals surface area contributed by atoms with Crippen LogP contribution in [-0.2, 0) is 6.42 Å². The first-order chi connectivity index (χ1) is 7.98. The predicted molar refractivity (Wildman–Crippen MR) is 61.7 cm³/mol. The average Bonchev–Trinajstić information content (AvgIpc) is 2.22. The number of nitrogens with zero attached hydrogens (tertiary/aromatic N) is 1. The van der Waals surface area contributed by atoms with Crippen LogP contribution < -0.4 is 0 Å². The van der Waals surface area contributed by atoms with Crippen LogP contribution in [0.4, 0.5) is 8.78 Å². The summed E-state index contributed by atoms with van der Waals surface area (Å²) < 4.78 is 25.9. The summed E-state index contributed by atoms with van der Waals surface area (Å²) in [5.74, 6) is -1.70. The Morgan fingerprint density at radius 1 is 1.35 bits per heavy atom. The summed E-state index contributed by atoms with van der Waals surface area (Å²) in [6.45, 7) is 1.55. The number of hydrogen-bond acceptors (Lipinski definition) is 2. The number of hydrogen-bond donors (Lipinski definition) is 1. The lowest BCUT2D eigenvalue weighted by molar-refractivity contribution is -0.0224. The molecule has 1 unspecified atom stereocenters. The van der Waals surface area contributed by atoms with Crippen molar-refractivity contribution in [2.24, 2.45) is 0 Å². The number of benzene rings is 1. The minimum atomic E-state index is -0.852. The van der Waals surface area contributed by atoms with E-state index in [0.29, 0.717) is 24.9 Å². The lowest BCUT2D eigenvalue weighted by Crippen LogP contribution is -2.47. The molecule has 1 aromatic carbocycles. The van der Waals surface area contributed by atoms with Crippen LogP contribution in [0.3, 0.4) is 0 Å². The SMILES string of the molecule is CN1CCCC(O)(Cc2ccc(F)c(F)c2)C1. The summed E-state index contributed by atoms with van der Waals surface area (Å²) in [5, 5.41) is 10.4. The Balaban J connectivity index is 2.11. The molecule has 1 heterocycles. The van der Waals surface area contributed by atoms with Crippen molar-refractivity contribution in [3.05, 3.63) is 35.4 Å². The molecular formula is C13H17F2NO. The Morgan fingerprint density at radius 2 is 2.12 bits per heavy atom. The second kappa shape index (κ2) is 4.70. The fourth-order valence-electron chi connectivity index (χ4n) is 2.51. The van der Waals surface area contributed by atoms with Crippen LogP contribution in [0.15, 0.2) is 18.2 Å². The maximum absolute atomic E-state index is 13.1. The highest BCUT2D eigenvalue weighted by atomic mass is 19.2. The van der Waals surface area contributed by atoms with Crippen molar-refractivity contribution in [2.75, 3.05) is 20.1 Å². The van der Waals surface area contributed by atoms with Crippen LogP contribution in [0.1, 0.15) is 18.4 Å². The van der Waals surface area contributed by atoms with Crippen LogP contribution in [0, 0.1) is 11.6 Å². The van der Waals surface area contributed by atoms with Gasteiger partial charge in [-0.25, -0.2) is 8.78 Å². The molecule has 0 saturated carbocycles. The summed E-state index contributed by atoms with van der Waals surface area (Å²) in [6.07, 6.45) is 2.00. The summed E-state index contributed by atoms with van der Waals surface area (Å²) in [7, 11) is 1.95. The van der Waals surface area contributed by atoms with Gasteiger partial charge >= 0.3 is 0 Å². The molecule has 1 fully saturated rings. The maximum Gasteiger partial charge on any atom is 0.159 e. The van der Waals surface area contributed by atoms with Crippen molar-refractivity contribution in [3.63, 3.8) is 0 Å². The van der Waals surface area contributed by atoms with Gasteiger partial charge in [0.15, 0.2) is 11.6 Å². The van der Waals surface area contributed by atoms with Crippen LogP contribution in [0.25, 0.3) is 0 Å². The van der Waals surface area contributed by atoms with E-state index in [1.54, 1.807) is 0 Å². The van der Waals surface area contributed by atoms with Crippen LogP contribution in [0.2, 0.25) is 0 Å². The van der Waals surface area contributed by atoms with Crippen LogP contribution >= 0.6 is 0 Å². The van der Waals surface area contributed by atoms with Gasteiger partial charge in [0.2, 0.25) is 0 Å². The summed E-state index contributed by atoms with van der Waals surface area (Å²) in [6, 6.07) is 3.81. The monoisotopic (exact) mass is 241 g/mol. The van der Waals surface area contributed by atoms with Gasteiger partial charge in [0.25, 0.3) is 0 Å². The molecule has 1 aliphatic heterocycles. The lowest BCUT2D eigenvalue weighted by Gasteiger charge is -2.37. The topological polar surface area (TPSA) is 23.5 Å². The second-order valence-electron chi connectivity index (χ2n) is 4.99. The molecule has 94 valence electrons. The van der Waals surface area contributed by atoms with E-state index in [0.717, 1.165) is 19.0 Å². The largest absolute Gasteiger partial charge is 0.388 e. The highest BCUT2D eigenvalue weighted by Gasteiger charge is 2.32. The zero-order valence-electron chi connectivity index (χ0n) is 9.92. The standard InChI is InChI=1S/C13H17F2NO/c1-16-6-2-5-13(17,9-16)8-10-3-4-11(14)12(15)7-10/h3-4,7,17H,2,5-6,8-9H2,1H3. The zero-order chi connectivity index (χ0) is 12.5. The summed E-state index contributed by atoms with van der Waals surface area (Å²) in [4.78, 5) is 2.06. The molecule has 2 rings (SSSR count). The first-order valence-corrected chi connectivity index (χ1v) is 5.83. The molecule has 4 heteroatoms. The van der Waals surface area contributed by atoms with Gasteiger partial charge < -0.3 is 10.0 Å². The molecule has 0 radical (unpaired) electrons. The Labute approximate surface area is 99.9 Å².